The maximum Gasteiger partial charge on any atom is 0.200 e. The van der Waals surface area contributed by atoms with Crippen molar-refractivity contribution in [3.63, 3.8) is 0 Å². The molecule has 2 unspecified atom stereocenters. The second-order valence-electron chi connectivity index (χ2n) is 7.47. The van der Waals surface area contributed by atoms with E-state index in [1.54, 1.807) is 12.1 Å². The molecule has 0 saturated carbocycles. The number of fused-ring (bicyclic) bond motifs is 1. The van der Waals surface area contributed by atoms with Crippen molar-refractivity contribution in [1.82, 2.24) is 10.2 Å². The third kappa shape index (κ3) is 3.19. The highest BCUT2D eigenvalue weighted by atomic mass is 19.1. The Morgan fingerprint density at radius 1 is 1.11 bits per heavy atom. The number of guanidine groups is 1. The van der Waals surface area contributed by atoms with E-state index in [0.29, 0.717) is 5.92 Å². The van der Waals surface area contributed by atoms with Crippen LogP contribution in [0.15, 0.2) is 40.5 Å². The zero-order valence-electron chi connectivity index (χ0n) is 15.4. The number of rotatable bonds is 2. The summed E-state index contributed by atoms with van der Waals surface area (Å²) in [7, 11) is 0. The van der Waals surface area contributed by atoms with Crippen LogP contribution in [0.3, 0.4) is 0 Å². The van der Waals surface area contributed by atoms with Crippen LogP contribution in [0.1, 0.15) is 12.8 Å². The van der Waals surface area contributed by atoms with Gasteiger partial charge in [-0.15, -0.1) is 0 Å². The predicted molar refractivity (Wildman–Crippen MR) is 101 cm³/mol. The number of morpholine rings is 1. The van der Waals surface area contributed by atoms with Gasteiger partial charge in [0, 0.05) is 43.5 Å². The van der Waals surface area contributed by atoms with Gasteiger partial charge >= 0.3 is 0 Å². The molecule has 0 amide bonds. The molecular weight excluding hydrogens is 347 g/mol. The number of halogens is 1. The Bertz CT molecular complexity index is 769. The summed E-state index contributed by atoms with van der Waals surface area (Å²) >= 11 is 0. The molecule has 0 spiro atoms. The first-order chi connectivity index (χ1) is 13.3. The van der Waals surface area contributed by atoms with Gasteiger partial charge in [-0.05, 0) is 36.6 Å². The molecule has 6 nitrogen and oxygen atoms in total. The van der Waals surface area contributed by atoms with Gasteiger partial charge < -0.3 is 24.6 Å². The molecular formula is C20H25FN4O2. The second-order valence-corrected chi connectivity index (χ2v) is 7.47. The molecule has 5 rings (SSSR count). The maximum atomic E-state index is 13.8. The summed E-state index contributed by atoms with van der Waals surface area (Å²) in [5.74, 6) is 1.10. The molecule has 7 heteroatoms. The molecule has 1 N–H and O–H groups in total. The number of aliphatic imine (C=N–C) groups is 1. The summed E-state index contributed by atoms with van der Waals surface area (Å²) in [5, 5.41) is 3.64. The molecule has 2 atom stereocenters. The lowest BCUT2D eigenvalue weighted by Gasteiger charge is -2.37. The van der Waals surface area contributed by atoms with Crippen LogP contribution in [0.5, 0.6) is 0 Å². The zero-order valence-corrected chi connectivity index (χ0v) is 15.4. The molecule has 4 heterocycles. The summed E-state index contributed by atoms with van der Waals surface area (Å²) in [5.41, 5.74) is 3.49. The van der Waals surface area contributed by atoms with Crippen molar-refractivity contribution in [2.24, 2.45) is 10.9 Å². The normalized spacial score (nSPS) is 28.3. The van der Waals surface area contributed by atoms with Gasteiger partial charge in [0.2, 0.25) is 5.96 Å². The third-order valence-electron chi connectivity index (χ3n) is 5.85. The highest BCUT2D eigenvalue weighted by molar-refractivity contribution is 5.84. The van der Waals surface area contributed by atoms with E-state index in [4.69, 9.17) is 14.5 Å². The number of hydrogen-bond acceptors (Lipinski definition) is 6. The van der Waals surface area contributed by atoms with Crippen molar-refractivity contribution in [3.8, 4) is 0 Å². The van der Waals surface area contributed by atoms with Crippen LogP contribution in [0.25, 0.3) is 0 Å². The van der Waals surface area contributed by atoms with Crippen LogP contribution >= 0.6 is 0 Å². The van der Waals surface area contributed by atoms with Crippen LogP contribution in [0.2, 0.25) is 0 Å². The van der Waals surface area contributed by atoms with Gasteiger partial charge in [0.1, 0.15) is 12.0 Å². The van der Waals surface area contributed by atoms with Gasteiger partial charge in [0.25, 0.3) is 0 Å². The fourth-order valence-electron chi connectivity index (χ4n) is 4.44. The quantitative estimate of drug-likeness (QED) is 0.860. The average molecular weight is 372 g/mol. The van der Waals surface area contributed by atoms with Crippen molar-refractivity contribution >= 4 is 11.6 Å². The summed E-state index contributed by atoms with van der Waals surface area (Å²) in [4.78, 5) is 9.54. The van der Waals surface area contributed by atoms with Crippen molar-refractivity contribution in [2.45, 2.75) is 19.0 Å². The van der Waals surface area contributed by atoms with Crippen molar-refractivity contribution in [1.29, 1.82) is 0 Å². The fraction of sp³-hybridized carbons (Fsp3) is 0.550. The third-order valence-corrected chi connectivity index (χ3v) is 5.85. The van der Waals surface area contributed by atoms with Crippen LogP contribution in [-0.2, 0) is 9.47 Å². The summed E-state index contributed by atoms with van der Waals surface area (Å²) in [6.45, 7) is 5.53. The first kappa shape index (κ1) is 17.0. The topological polar surface area (TPSA) is 49.3 Å². The van der Waals surface area contributed by atoms with E-state index in [9.17, 15) is 4.39 Å². The minimum absolute atomic E-state index is 0.0681. The largest absolute Gasteiger partial charge is 0.381 e. The Morgan fingerprint density at radius 2 is 2.00 bits per heavy atom. The molecule has 144 valence electrons. The van der Waals surface area contributed by atoms with Gasteiger partial charge in [0.15, 0.2) is 0 Å². The Balaban J connectivity index is 1.50. The van der Waals surface area contributed by atoms with Crippen molar-refractivity contribution < 1.29 is 13.9 Å². The van der Waals surface area contributed by atoms with E-state index >= 15 is 0 Å². The minimum atomic E-state index is -0.208. The van der Waals surface area contributed by atoms with E-state index in [1.807, 2.05) is 6.07 Å². The lowest BCUT2D eigenvalue weighted by molar-refractivity contribution is 0.0663. The molecule has 4 aliphatic heterocycles. The number of benzene rings is 1. The van der Waals surface area contributed by atoms with Gasteiger partial charge in [-0.25, -0.2) is 9.38 Å². The minimum Gasteiger partial charge on any atom is -0.381 e. The molecule has 0 radical (unpaired) electrons. The Kier molecular flexibility index (Phi) is 4.49. The molecule has 3 fully saturated rings. The number of hydrogen-bond donors (Lipinski definition) is 1. The van der Waals surface area contributed by atoms with E-state index in [2.05, 4.69) is 15.1 Å². The number of nitrogens with one attached hydrogen (secondary N) is 1. The predicted octanol–water partition coefficient (Wildman–Crippen LogP) is 1.94. The standard InChI is InChI=1S/C20H25FN4O2/c21-15-2-1-3-16(12-15)25-6-4-17-18(14-5-9-27-13-14)22-20(23-19(17)25)24-7-10-26-11-8-24/h1-3,12,14,19H,4-11,13H2,(H,22,23). The molecule has 1 aromatic carbocycles. The first-order valence-corrected chi connectivity index (χ1v) is 9.80. The lowest BCUT2D eigenvalue weighted by Crippen LogP contribution is -2.51. The van der Waals surface area contributed by atoms with Crippen LogP contribution < -0.4 is 10.2 Å². The van der Waals surface area contributed by atoms with Gasteiger partial charge in [-0.2, -0.15) is 0 Å². The number of nitrogens with zero attached hydrogens (tertiary/aromatic N) is 3. The highest BCUT2D eigenvalue weighted by Crippen LogP contribution is 2.37. The van der Waals surface area contributed by atoms with Crippen LogP contribution in [0.4, 0.5) is 10.1 Å². The van der Waals surface area contributed by atoms with Crippen LogP contribution in [-0.4, -0.2) is 63.1 Å². The van der Waals surface area contributed by atoms with E-state index in [0.717, 1.165) is 70.6 Å². The van der Waals surface area contributed by atoms with E-state index in [-0.39, 0.29) is 12.0 Å². The van der Waals surface area contributed by atoms with Crippen LogP contribution in [0, 0.1) is 11.7 Å². The lowest BCUT2D eigenvalue weighted by atomic mass is 9.97. The zero-order chi connectivity index (χ0) is 18.2. The molecule has 0 aromatic heterocycles. The summed E-state index contributed by atoms with van der Waals surface area (Å²) < 4.78 is 25.0. The molecule has 0 bridgehead atoms. The summed E-state index contributed by atoms with van der Waals surface area (Å²) in [6, 6.07) is 6.83. The smallest absolute Gasteiger partial charge is 0.200 e. The molecule has 1 aromatic rings. The molecule has 0 aliphatic carbocycles. The number of ether oxygens (including phenoxy) is 2. The van der Waals surface area contributed by atoms with E-state index < -0.39 is 0 Å². The van der Waals surface area contributed by atoms with Gasteiger partial charge in [-0.1, -0.05) is 6.07 Å². The molecule has 3 saturated heterocycles. The van der Waals surface area contributed by atoms with Gasteiger partial charge in [0.05, 0.1) is 19.8 Å². The molecule has 4 aliphatic rings. The van der Waals surface area contributed by atoms with Crippen molar-refractivity contribution in [2.75, 3.05) is 51.0 Å². The monoisotopic (exact) mass is 372 g/mol. The Morgan fingerprint density at radius 3 is 2.78 bits per heavy atom. The first-order valence-electron chi connectivity index (χ1n) is 9.80. The second kappa shape index (κ2) is 7.13. The van der Waals surface area contributed by atoms with E-state index in [1.165, 1.54) is 17.3 Å². The SMILES string of the molecule is Fc1cccc(N2CCC3=C(C4CCOC4)NC(N4CCOCC4)=NC32)c1. The van der Waals surface area contributed by atoms with Gasteiger partial charge in [-0.3, -0.25) is 0 Å². The average Bonchev–Trinajstić information content (AvgIpc) is 3.38. The summed E-state index contributed by atoms with van der Waals surface area (Å²) in [6.07, 6.45) is 1.91. The molecule has 27 heavy (non-hydrogen) atoms. The maximum absolute atomic E-state index is 13.8. The highest BCUT2D eigenvalue weighted by Gasteiger charge is 2.39. The Labute approximate surface area is 158 Å². The van der Waals surface area contributed by atoms with Crippen molar-refractivity contribution in [3.05, 3.63) is 41.4 Å². The Hall–Kier alpha value is -2.12. The fourth-order valence-corrected chi connectivity index (χ4v) is 4.44. The number of anilines is 1.